The largest absolute Gasteiger partial charge is 0.307 e. The fraction of sp³-hybridized carbons (Fsp3) is 0.600. The Kier molecular flexibility index (Phi) is 2.51. The average molecular weight is 215 g/mol. The maximum atomic E-state index is 3.84. The van der Waals surface area contributed by atoms with Gasteiger partial charge >= 0.3 is 0 Å². The van der Waals surface area contributed by atoms with Gasteiger partial charge in [-0.15, -0.1) is 0 Å². The first kappa shape index (κ1) is 10.3. The molecule has 1 saturated carbocycles. The molecule has 1 fully saturated rings. The Bertz CT molecular complexity index is 377. The predicted molar refractivity (Wildman–Crippen MR) is 67.5 cm³/mol. The Morgan fingerprint density at radius 1 is 1.19 bits per heavy atom. The van der Waals surface area contributed by atoms with E-state index in [4.69, 9.17) is 0 Å². The van der Waals surface area contributed by atoms with Crippen LogP contribution in [0.2, 0.25) is 0 Å². The minimum atomic E-state index is 0.457. The van der Waals surface area contributed by atoms with Crippen molar-refractivity contribution in [2.75, 3.05) is 0 Å². The number of nitrogens with one attached hydrogen (secondary N) is 1. The van der Waals surface area contributed by atoms with Crippen LogP contribution >= 0.6 is 0 Å². The van der Waals surface area contributed by atoms with E-state index in [1.807, 2.05) is 0 Å². The predicted octanol–water partition coefficient (Wildman–Crippen LogP) is 3.60. The summed E-state index contributed by atoms with van der Waals surface area (Å²) in [6.45, 7) is 3.46. The minimum absolute atomic E-state index is 0.457. The molecule has 0 unspecified atom stereocenters. The topological polar surface area (TPSA) is 12.0 Å². The third-order valence-electron chi connectivity index (χ3n) is 4.50. The smallest absolute Gasteiger partial charge is 0.0213 e. The van der Waals surface area contributed by atoms with Gasteiger partial charge in [-0.1, -0.05) is 44.0 Å². The molecule has 0 radical (unpaired) electrons. The monoisotopic (exact) mass is 215 g/mol. The Balaban J connectivity index is 1.92. The van der Waals surface area contributed by atoms with Gasteiger partial charge in [0.05, 0.1) is 0 Å². The average Bonchev–Trinajstić information content (AvgIpc) is 2.70. The molecule has 1 nitrogen and oxygen atoms in total. The Labute approximate surface area is 98.3 Å². The summed E-state index contributed by atoms with van der Waals surface area (Å²) in [5.41, 5.74) is 3.54. The van der Waals surface area contributed by atoms with Gasteiger partial charge in [-0.3, -0.25) is 0 Å². The van der Waals surface area contributed by atoms with Crippen molar-refractivity contribution in [1.82, 2.24) is 5.32 Å². The molecule has 1 aliphatic carbocycles. The van der Waals surface area contributed by atoms with Gasteiger partial charge in [-0.25, -0.2) is 0 Å². The molecule has 0 amide bonds. The van der Waals surface area contributed by atoms with Crippen LogP contribution in [0.25, 0.3) is 0 Å². The molecule has 1 spiro atoms. The third-order valence-corrected chi connectivity index (χ3v) is 4.50. The maximum absolute atomic E-state index is 3.84. The zero-order valence-corrected chi connectivity index (χ0v) is 10.1. The van der Waals surface area contributed by atoms with Gasteiger partial charge in [0.15, 0.2) is 0 Å². The van der Waals surface area contributed by atoms with Gasteiger partial charge in [-0.2, -0.15) is 0 Å². The summed E-state index contributed by atoms with van der Waals surface area (Å²) in [6, 6.07) is 8.95. The van der Waals surface area contributed by atoms with Crippen molar-refractivity contribution in [3.05, 3.63) is 35.4 Å². The van der Waals surface area contributed by atoms with Crippen LogP contribution in [0.5, 0.6) is 0 Å². The first-order valence-electron chi connectivity index (χ1n) is 6.62. The lowest BCUT2D eigenvalue weighted by Crippen LogP contribution is -2.41. The van der Waals surface area contributed by atoms with Crippen LogP contribution in [0.4, 0.5) is 0 Å². The number of hydrogen-bond acceptors (Lipinski definition) is 1. The highest BCUT2D eigenvalue weighted by atomic mass is 15.0. The normalized spacial score (nSPS) is 27.7. The van der Waals surface area contributed by atoms with E-state index < -0.39 is 0 Å². The molecule has 1 heterocycles. The molecule has 86 valence electrons. The summed E-state index contributed by atoms with van der Waals surface area (Å²) < 4.78 is 0. The maximum Gasteiger partial charge on any atom is 0.0213 e. The lowest BCUT2D eigenvalue weighted by atomic mass is 9.84. The van der Waals surface area contributed by atoms with Crippen molar-refractivity contribution in [2.24, 2.45) is 0 Å². The molecule has 0 saturated heterocycles. The Hall–Kier alpha value is -0.820. The fourth-order valence-electron chi connectivity index (χ4n) is 3.66. The van der Waals surface area contributed by atoms with Crippen molar-refractivity contribution in [2.45, 2.75) is 57.0 Å². The number of rotatable bonds is 0. The first-order chi connectivity index (χ1) is 7.79. The molecule has 1 heteroatoms. The molecular weight excluding hydrogens is 194 g/mol. The number of benzene rings is 1. The SMILES string of the molecule is C[C@@H]1CC2(CCCC2)NCc2ccccc21. The van der Waals surface area contributed by atoms with Crippen LogP contribution in [-0.4, -0.2) is 5.54 Å². The Morgan fingerprint density at radius 3 is 2.75 bits per heavy atom. The van der Waals surface area contributed by atoms with Gasteiger partial charge in [0.25, 0.3) is 0 Å². The number of hydrogen-bond donors (Lipinski definition) is 1. The highest BCUT2D eigenvalue weighted by Gasteiger charge is 2.36. The molecule has 1 aromatic carbocycles. The first-order valence-corrected chi connectivity index (χ1v) is 6.62. The minimum Gasteiger partial charge on any atom is -0.307 e. The molecular formula is C15H21N. The molecule has 3 rings (SSSR count). The van der Waals surface area contributed by atoms with Gasteiger partial charge in [-0.05, 0) is 36.3 Å². The Morgan fingerprint density at radius 2 is 1.94 bits per heavy atom. The van der Waals surface area contributed by atoms with Crippen LogP contribution in [0, 0.1) is 0 Å². The van der Waals surface area contributed by atoms with E-state index in [1.54, 1.807) is 5.56 Å². The van der Waals surface area contributed by atoms with Crippen molar-refractivity contribution in [3.63, 3.8) is 0 Å². The van der Waals surface area contributed by atoms with Crippen LogP contribution in [-0.2, 0) is 6.54 Å². The highest BCUT2D eigenvalue weighted by molar-refractivity contribution is 5.32. The molecule has 0 aromatic heterocycles. The molecule has 1 aromatic rings. The molecule has 16 heavy (non-hydrogen) atoms. The van der Waals surface area contributed by atoms with Crippen LogP contribution < -0.4 is 5.32 Å². The van der Waals surface area contributed by atoms with E-state index in [0.29, 0.717) is 11.5 Å². The summed E-state index contributed by atoms with van der Waals surface area (Å²) in [5, 5.41) is 3.84. The lowest BCUT2D eigenvalue weighted by molar-refractivity contribution is 0.300. The summed E-state index contributed by atoms with van der Waals surface area (Å²) in [5.74, 6) is 0.712. The van der Waals surface area contributed by atoms with Crippen LogP contribution in [0.3, 0.4) is 0 Å². The van der Waals surface area contributed by atoms with E-state index in [1.165, 1.54) is 37.7 Å². The van der Waals surface area contributed by atoms with E-state index in [9.17, 15) is 0 Å². The molecule has 0 bridgehead atoms. The summed E-state index contributed by atoms with van der Waals surface area (Å²) in [7, 11) is 0. The molecule has 1 atom stereocenters. The second-order valence-electron chi connectivity index (χ2n) is 5.64. The standard InChI is InChI=1S/C15H21N/c1-12-10-15(8-4-5-9-15)16-11-13-6-2-3-7-14(12)13/h2-3,6-7,12,16H,4-5,8-11H2,1H3/t12-/m1/s1. The third kappa shape index (κ3) is 1.67. The van der Waals surface area contributed by atoms with Crippen molar-refractivity contribution < 1.29 is 0 Å². The quantitative estimate of drug-likeness (QED) is 0.697. The second kappa shape index (κ2) is 3.89. The summed E-state index contributed by atoms with van der Waals surface area (Å²) in [6.07, 6.45) is 6.91. The zero-order chi connectivity index (χ0) is 11.0. The summed E-state index contributed by atoms with van der Waals surface area (Å²) >= 11 is 0. The van der Waals surface area contributed by atoms with Gasteiger partial charge in [0.1, 0.15) is 0 Å². The molecule has 1 N–H and O–H groups in total. The molecule has 1 aliphatic heterocycles. The van der Waals surface area contributed by atoms with Crippen molar-refractivity contribution in [3.8, 4) is 0 Å². The number of fused-ring (bicyclic) bond motifs is 1. The van der Waals surface area contributed by atoms with E-state index in [2.05, 4.69) is 36.5 Å². The van der Waals surface area contributed by atoms with Gasteiger partial charge < -0.3 is 5.32 Å². The van der Waals surface area contributed by atoms with Gasteiger partial charge in [0.2, 0.25) is 0 Å². The fourth-order valence-corrected chi connectivity index (χ4v) is 3.66. The zero-order valence-electron chi connectivity index (χ0n) is 10.1. The summed E-state index contributed by atoms with van der Waals surface area (Å²) in [4.78, 5) is 0. The second-order valence-corrected chi connectivity index (χ2v) is 5.64. The van der Waals surface area contributed by atoms with E-state index >= 15 is 0 Å². The lowest BCUT2D eigenvalue weighted by Gasteiger charge is -2.30. The highest BCUT2D eigenvalue weighted by Crippen LogP contribution is 2.40. The van der Waals surface area contributed by atoms with Crippen LogP contribution in [0.15, 0.2) is 24.3 Å². The van der Waals surface area contributed by atoms with Crippen molar-refractivity contribution in [1.29, 1.82) is 0 Å². The van der Waals surface area contributed by atoms with Crippen molar-refractivity contribution >= 4 is 0 Å². The van der Waals surface area contributed by atoms with Crippen LogP contribution in [0.1, 0.15) is 56.1 Å². The molecule has 2 aliphatic rings. The van der Waals surface area contributed by atoms with E-state index in [0.717, 1.165) is 6.54 Å². The van der Waals surface area contributed by atoms with Gasteiger partial charge in [0, 0.05) is 12.1 Å². The van der Waals surface area contributed by atoms with E-state index in [-0.39, 0.29) is 0 Å².